The molecule has 0 atom stereocenters. The van der Waals surface area contributed by atoms with Crippen LogP contribution in [0.3, 0.4) is 0 Å². The molecule has 0 fully saturated rings. The van der Waals surface area contributed by atoms with Crippen LogP contribution in [-0.4, -0.2) is 32.1 Å². The standard InChI is InChI=1S/C22H29N3O4.ClH/c1-4-22(5-2,15-23)21(27)25-17-10-8-9-16(13-17)24-20(26)14-29-19-12-7-6-11-18(19)28-3;/h6-13H,4-5,14-15,23H2,1-3H3,(H,24,26)(H,25,27);1H. The summed E-state index contributed by atoms with van der Waals surface area (Å²) in [4.78, 5) is 24.9. The summed E-state index contributed by atoms with van der Waals surface area (Å²) < 4.78 is 10.7. The molecule has 2 amide bonds. The first-order valence-electron chi connectivity index (χ1n) is 9.65. The van der Waals surface area contributed by atoms with E-state index in [2.05, 4.69) is 10.6 Å². The van der Waals surface area contributed by atoms with E-state index in [4.69, 9.17) is 15.2 Å². The lowest BCUT2D eigenvalue weighted by molar-refractivity contribution is -0.125. The van der Waals surface area contributed by atoms with Crippen molar-refractivity contribution < 1.29 is 19.1 Å². The number of nitrogens with one attached hydrogen (secondary N) is 2. The molecule has 164 valence electrons. The van der Waals surface area contributed by atoms with Crippen LogP contribution in [0, 0.1) is 5.41 Å². The Kier molecular flexibility index (Phi) is 10.1. The first-order chi connectivity index (χ1) is 14.0. The van der Waals surface area contributed by atoms with E-state index in [1.165, 1.54) is 0 Å². The lowest BCUT2D eigenvalue weighted by Gasteiger charge is -2.28. The predicted octanol–water partition coefficient (Wildman–Crippen LogP) is 3.84. The summed E-state index contributed by atoms with van der Waals surface area (Å²) in [6, 6.07) is 14.1. The molecule has 0 radical (unpaired) electrons. The summed E-state index contributed by atoms with van der Waals surface area (Å²) in [6.07, 6.45) is 1.31. The molecule has 0 aliphatic carbocycles. The molecule has 0 bridgehead atoms. The van der Waals surface area contributed by atoms with Crippen LogP contribution < -0.4 is 25.8 Å². The second-order valence-corrected chi connectivity index (χ2v) is 6.71. The zero-order chi connectivity index (χ0) is 21.3. The monoisotopic (exact) mass is 435 g/mol. The third-order valence-corrected chi connectivity index (χ3v) is 5.06. The predicted molar refractivity (Wildman–Crippen MR) is 122 cm³/mol. The number of amides is 2. The third-order valence-electron chi connectivity index (χ3n) is 5.06. The van der Waals surface area contributed by atoms with Gasteiger partial charge in [-0.2, -0.15) is 0 Å². The summed E-state index contributed by atoms with van der Waals surface area (Å²) in [7, 11) is 1.54. The fourth-order valence-corrected chi connectivity index (χ4v) is 2.97. The number of halogens is 1. The minimum Gasteiger partial charge on any atom is -0.493 e. The first-order valence-corrected chi connectivity index (χ1v) is 9.65. The number of hydrogen-bond acceptors (Lipinski definition) is 5. The van der Waals surface area contributed by atoms with Gasteiger partial charge in [0.05, 0.1) is 12.5 Å². The number of benzene rings is 2. The highest BCUT2D eigenvalue weighted by molar-refractivity contribution is 5.97. The van der Waals surface area contributed by atoms with Gasteiger partial charge >= 0.3 is 0 Å². The Morgan fingerprint density at radius 2 is 1.57 bits per heavy atom. The Bertz CT molecular complexity index is 832. The van der Waals surface area contributed by atoms with Gasteiger partial charge in [0.15, 0.2) is 18.1 Å². The molecule has 0 saturated heterocycles. The lowest BCUT2D eigenvalue weighted by Crippen LogP contribution is -2.41. The van der Waals surface area contributed by atoms with Gasteiger partial charge < -0.3 is 25.8 Å². The van der Waals surface area contributed by atoms with Gasteiger partial charge in [-0.05, 0) is 43.2 Å². The number of hydrogen-bond donors (Lipinski definition) is 3. The molecule has 30 heavy (non-hydrogen) atoms. The van der Waals surface area contributed by atoms with Crippen LogP contribution in [0.1, 0.15) is 26.7 Å². The van der Waals surface area contributed by atoms with Gasteiger partial charge in [0.1, 0.15) is 0 Å². The van der Waals surface area contributed by atoms with E-state index in [1.807, 2.05) is 19.9 Å². The van der Waals surface area contributed by atoms with Gasteiger partial charge in [0.2, 0.25) is 5.91 Å². The number of ether oxygens (including phenoxy) is 2. The minimum atomic E-state index is -0.595. The average molecular weight is 436 g/mol. The van der Waals surface area contributed by atoms with Crippen LogP contribution in [0.5, 0.6) is 11.5 Å². The molecule has 2 aromatic rings. The zero-order valence-corrected chi connectivity index (χ0v) is 18.4. The lowest BCUT2D eigenvalue weighted by atomic mass is 9.81. The maximum absolute atomic E-state index is 12.7. The van der Waals surface area contributed by atoms with Gasteiger partial charge in [-0.25, -0.2) is 0 Å². The highest BCUT2D eigenvalue weighted by Gasteiger charge is 2.33. The number of anilines is 2. The maximum Gasteiger partial charge on any atom is 0.262 e. The maximum atomic E-state index is 12.7. The number of nitrogens with two attached hydrogens (primary N) is 1. The Labute approximate surface area is 183 Å². The molecule has 0 aliphatic rings. The number of carbonyl (C=O) groups excluding carboxylic acids is 2. The van der Waals surface area contributed by atoms with Gasteiger partial charge in [-0.15, -0.1) is 12.4 Å². The van der Waals surface area contributed by atoms with Crippen LogP contribution in [0.2, 0.25) is 0 Å². The zero-order valence-electron chi connectivity index (χ0n) is 17.6. The van der Waals surface area contributed by atoms with Gasteiger partial charge in [0, 0.05) is 17.9 Å². The van der Waals surface area contributed by atoms with E-state index in [0.29, 0.717) is 35.7 Å². The normalized spacial score (nSPS) is 10.5. The summed E-state index contributed by atoms with van der Waals surface area (Å²) in [6.45, 7) is 4.02. The van der Waals surface area contributed by atoms with E-state index < -0.39 is 5.41 Å². The van der Waals surface area contributed by atoms with Crippen LogP contribution in [0.4, 0.5) is 11.4 Å². The molecule has 0 aliphatic heterocycles. The van der Waals surface area contributed by atoms with Crippen molar-refractivity contribution in [3.05, 3.63) is 48.5 Å². The summed E-state index contributed by atoms with van der Waals surface area (Å²) in [5.74, 6) is 0.606. The molecule has 0 aromatic heterocycles. The number of para-hydroxylation sites is 2. The highest BCUT2D eigenvalue weighted by atomic mass is 35.5. The number of carbonyl (C=O) groups is 2. The fraction of sp³-hybridized carbons (Fsp3) is 0.364. The largest absolute Gasteiger partial charge is 0.493 e. The van der Waals surface area contributed by atoms with Crippen molar-refractivity contribution in [2.45, 2.75) is 26.7 Å². The molecule has 0 unspecified atom stereocenters. The number of methoxy groups -OCH3 is 1. The van der Waals surface area contributed by atoms with E-state index in [0.717, 1.165) is 0 Å². The SMILES string of the molecule is CCC(CC)(CN)C(=O)Nc1cccc(NC(=O)COc2ccccc2OC)c1.Cl. The molecule has 7 nitrogen and oxygen atoms in total. The topological polar surface area (TPSA) is 103 Å². The second-order valence-electron chi connectivity index (χ2n) is 6.71. The van der Waals surface area contributed by atoms with Crippen molar-refractivity contribution in [3.63, 3.8) is 0 Å². The molecular weight excluding hydrogens is 406 g/mol. The Hall–Kier alpha value is -2.77. The second kappa shape index (κ2) is 12.0. The third kappa shape index (κ3) is 6.37. The van der Waals surface area contributed by atoms with Crippen LogP contribution in [0.25, 0.3) is 0 Å². The van der Waals surface area contributed by atoms with Crippen molar-refractivity contribution in [3.8, 4) is 11.5 Å². The van der Waals surface area contributed by atoms with E-state index >= 15 is 0 Å². The van der Waals surface area contributed by atoms with Crippen LogP contribution >= 0.6 is 12.4 Å². The molecule has 2 rings (SSSR count). The van der Waals surface area contributed by atoms with Gasteiger partial charge in [0.25, 0.3) is 5.91 Å². The quantitative estimate of drug-likeness (QED) is 0.526. The van der Waals surface area contributed by atoms with E-state index in [-0.39, 0.29) is 37.4 Å². The molecular formula is C22H30ClN3O4. The fourth-order valence-electron chi connectivity index (χ4n) is 2.97. The van der Waals surface area contributed by atoms with Crippen molar-refractivity contribution >= 4 is 35.6 Å². The van der Waals surface area contributed by atoms with Crippen molar-refractivity contribution in [1.29, 1.82) is 0 Å². The molecule has 8 heteroatoms. The van der Waals surface area contributed by atoms with E-state index in [9.17, 15) is 9.59 Å². The Morgan fingerprint density at radius 1 is 0.967 bits per heavy atom. The summed E-state index contributed by atoms with van der Waals surface area (Å²) in [5.41, 5.74) is 6.40. The van der Waals surface area contributed by atoms with Crippen molar-refractivity contribution in [2.24, 2.45) is 11.1 Å². The van der Waals surface area contributed by atoms with Gasteiger partial charge in [-0.3, -0.25) is 9.59 Å². The Morgan fingerprint density at radius 3 is 2.13 bits per heavy atom. The minimum absolute atomic E-state index is 0. The first kappa shape index (κ1) is 25.3. The number of rotatable bonds is 10. The average Bonchev–Trinajstić information content (AvgIpc) is 2.74. The molecule has 2 aromatic carbocycles. The van der Waals surface area contributed by atoms with Gasteiger partial charge in [-0.1, -0.05) is 32.0 Å². The van der Waals surface area contributed by atoms with E-state index in [1.54, 1.807) is 49.6 Å². The molecule has 0 spiro atoms. The van der Waals surface area contributed by atoms with Crippen molar-refractivity contribution in [2.75, 3.05) is 30.9 Å². The molecule has 4 N–H and O–H groups in total. The smallest absolute Gasteiger partial charge is 0.262 e. The van der Waals surface area contributed by atoms with Crippen molar-refractivity contribution in [1.82, 2.24) is 0 Å². The van der Waals surface area contributed by atoms with Crippen LogP contribution in [-0.2, 0) is 9.59 Å². The van der Waals surface area contributed by atoms with Crippen LogP contribution in [0.15, 0.2) is 48.5 Å². The summed E-state index contributed by atoms with van der Waals surface area (Å²) in [5, 5.41) is 5.67. The molecule has 0 saturated carbocycles. The Balaban J connectivity index is 0.00000450. The molecule has 0 heterocycles. The highest BCUT2D eigenvalue weighted by Crippen LogP contribution is 2.28. The summed E-state index contributed by atoms with van der Waals surface area (Å²) >= 11 is 0.